The maximum absolute atomic E-state index is 12.0. The summed E-state index contributed by atoms with van der Waals surface area (Å²) in [5.41, 5.74) is 1.13. The predicted octanol–water partition coefficient (Wildman–Crippen LogP) is 3.60. The van der Waals surface area contributed by atoms with Crippen LogP contribution in [0.1, 0.15) is 13.3 Å². The summed E-state index contributed by atoms with van der Waals surface area (Å²) >= 11 is 0. The van der Waals surface area contributed by atoms with Crippen LogP contribution in [0.25, 0.3) is 0 Å². The Hall–Kier alpha value is -2.05. The number of benzene rings is 2. The van der Waals surface area contributed by atoms with Gasteiger partial charge in [-0.1, -0.05) is 31.2 Å². The van der Waals surface area contributed by atoms with Crippen molar-refractivity contribution in [3.05, 3.63) is 48.5 Å². The number of fused-ring (bicyclic) bond motifs is 2. The molecule has 110 valence electrons. The van der Waals surface area contributed by atoms with Gasteiger partial charge in [0, 0.05) is 0 Å². The van der Waals surface area contributed by atoms with Gasteiger partial charge in [0.15, 0.2) is 11.5 Å². The summed E-state index contributed by atoms with van der Waals surface area (Å²) in [5, 5.41) is 1.32. The first-order valence-corrected chi connectivity index (χ1v) is 8.27. The van der Waals surface area contributed by atoms with E-state index >= 15 is 0 Å². The van der Waals surface area contributed by atoms with Gasteiger partial charge in [-0.3, -0.25) is 0 Å². The number of hydrogen-bond donors (Lipinski definition) is 0. The third-order valence-electron chi connectivity index (χ3n) is 3.03. The van der Waals surface area contributed by atoms with Gasteiger partial charge in [-0.15, -0.1) is 4.28 Å². The fourth-order valence-electron chi connectivity index (χ4n) is 2.15. The Kier molecular flexibility index (Phi) is 3.57. The van der Waals surface area contributed by atoms with Crippen LogP contribution in [0.15, 0.2) is 48.5 Å². The van der Waals surface area contributed by atoms with Crippen LogP contribution in [0, 0.1) is 0 Å². The number of nitrogens with zero attached hydrogens (tertiary/aromatic N) is 1. The summed E-state index contributed by atoms with van der Waals surface area (Å²) in [5.74, 6) is 1.08. The van der Waals surface area contributed by atoms with Crippen molar-refractivity contribution in [2.75, 3.05) is 10.8 Å². The molecule has 2 aromatic carbocycles. The quantitative estimate of drug-likeness (QED) is 0.864. The molecule has 2 aromatic rings. The molecule has 0 bridgehead atoms. The molecular formula is C15H15NO4S. The molecule has 3 rings (SSSR count). The van der Waals surface area contributed by atoms with Gasteiger partial charge in [0.05, 0.1) is 5.75 Å². The Morgan fingerprint density at radius 1 is 1.00 bits per heavy atom. The van der Waals surface area contributed by atoms with Crippen LogP contribution in [-0.4, -0.2) is 14.2 Å². The molecule has 0 unspecified atom stereocenters. The molecule has 6 heteroatoms. The fraction of sp³-hybridized carbons (Fsp3) is 0.200. The third-order valence-corrected chi connectivity index (χ3v) is 4.31. The second-order valence-electron chi connectivity index (χ2n) is 4.67. The van der Waals surface area contributed by atoms with Crippen molar-refractivity contribution in [3.8, 4) is 11.5 Å². The van der Waals surface area contributed by atoms with E-state index in [1.54, 1.807) is 43.3 Å². The molecule has 1 heterocycles. The van der Waals surface area contributed by atoms with E-state index in [1.165, 1.54) is 5.06 Å². The van der Waals surface area contributed by atoms with Crippen LogP contribution in [0.4, 0.5) is 11.4 Å². The Morgan fingerprint density at radius 3 is 2.05 bits per heavy atom. The molecule has 0 aromatic heterocycles. The minimum absolute atomic E-state index is 0.0330. The second kappa shape index (κ2) is 5.38. The van der Waals surface area contributed by atoms with Crippen LogP contribution in [0.3, 0.4) is 0 Å². The van der Waals surface area contributed by atoms with Crippen molar-refractivity contribution < 1.29 is 17.4 Å². The van der Waals surface area contributed by atoms with Gasteiger partial charge in [-0.05, 0) is 30.7 Å². The number of rotatable bonds is 4. The summed E-state index contributed by atoms with van der Waals surface area (Å²) < 4.78 is 35.1. The van der Waals surface area contributed by atoms with Crippen molar-refractivity contribution >= 4 is 21.5 Å². The first kappa shape index (κ1) is 13.9. The lowest BCUT2D eigenvalue weighted by Crippen LogP contribution is -2.26. The van der Waals surface area contributed by atoms with Gasteiger partial charge < -0.3 is 4.74 Å². The molecule has 1 aliphatic rings. The van der Waals surface area contributed by atoms with Gasteiger partial charge in [0.1, 0.15) is 11.4 Å². The van der Waals surface area contributed by atoms with Crippen molar-refractivity contribution in [3.63, 3.8) is 0 Å². The Balaban J connectivity index is 2.07. The lowest BCUT2D eigenvalue weighted by molar-refractivity contribution is 0.308. The van der Waals surface area contributed by atoms with E-state index in [2.05, 4.69) is 0 Å². The largest absolute Gasteiger partial charge is 0.453 e. The van der Waals surface area contributed by atoms with E-state index in [4.69, 9.17) is 9.02 Å². The lowest BCUT2D eigenvalue weighted by atomic mass is 10.2. The molecule has 0 fully saturated rings. The first-order valence-electron chi connectivity index (χ1n) is 6.69. The van der Waals surface area contributed by atoms with Crippen molar-refractivity contribution in [2.24, 2.45) is 0 Å². The maximum atomic E-state index is 12.0. The molecule has 0 saturated carbocycles. The number of hydrogen-bond acceptors (Lipinski definition) is 5. The molecule has 0 amide bonds. The molecule has 0 atom stereocenters. The van der Waals surface area contributed by atoms with E-state index in [0.717, 1.165) is 0 Å². The average Bonchev–Trinajstić information content (AvgIpc) is 2.47. The number of ether oxygens (including phenoxy) is 1. The summed E-state index contributed by atoms with van der Waals surface area (Å²) in [6.45, 7) is 1.79. The van der Waals surface area contributed by atoms with E-state index in [0.29, 0.717) is 29.3 Å². The summed E-state index contributed by atoms with van der Waals surface area (Å²) in [4.78, 5) is 0. The van der Waals surface area contributed by atoms with Crippen molar-refractivity contribution in [1.29, 1.82) is 0 Å². The van der Waals surface area contributed by atoms with Crippen LogP contribution in [-0.2, 0) is 14.4 Å². The summed E-state index contributed by atoms with van der Waals surface area (Å²) in [6, 6.07) is 14.3. The Bertz CT molecular complexity index is 712. The van der Waals surface area contributed by atoms with Gasteiger partial charge in [-0.2, -0.15) is 13.5 Å². The van der Waals surface area contributed by atoms with Gasteiger partial charge in [-0.25, -0.2) is 0 Å². The van der Waals surface area contributed by atoms with E-state index in [1.807, 2.05) is 12.1 Å². The zero-order chi connectivity index (χ0) is 14.9. The highest BCUT2D eigenvalue weighted by molar-refractivity contribution is 7.86. The highest BCUT2D eigenvalue weighted by Crippen LogP contribution is 2.46. The zero-order valence-electron chi connectivity index (χ0n) is 11.5. The topological polar surface area (TPSA) is 55.8 Å². The lowest BCUT2D eigenvalue weighted by Gasteiger charge is -2.30. The van der Waals surface area contributed by atoms with Crippen LogP contribution < -0.4 is 9.80 Å². The molecule has 0 aliphatic carbocycles. The van der Waals surface area contributed by atoms with Crippen molar-refractivity contribution in [2.45, 2.75) is 13.3 Å². The van der Waals surface area contributed by atoms with Crippen LogP contribution in [0.5, 0.6) is 11.5 Å². The molecule has 1 aliphatic heterocycles. The standard InChI is InChI=1S/C15H15NO4S/c1-2-11-21(17,18)20-16-12-7-3-5-9-14(12)19-15-10-6-4-8-13(15)16/h3-10H,2,11H2,1H3. The molecule has 0 N–H and O–H groups in total. The van der Waals surface area contributed by atoms with Crippen LogP contribution >= 0.6 is 0 Å². The van der Waals surface area contributed by atoms with Crippen molar-refractivity contribution in [1.82, 2.24) is 0 Å². The van der Waals surface area contributed by atoms with Gasteiger partial charge in [0.25, 0.3) is 10.1 Å². The van der Waals surface area contributed by atoms with Crippen LogP contribution in [0.2, 0.25) is 0 Å². The normalized spacial score (nSPS) is 13.3. The Morgan fingerprint density at radius 2 is 1.52 bits per heavy atom. The molecule has 0 spiro atoms. The summed E-state index contributed by atoms with van der Waals surface area (Å²) in [7, 11) is -3.65. The maximum Gasteiger partial charge on any atom is 0.288 e. The minimum atomic E-state index is -3.65. The third kappa shape index (κ3) is 2.72. The highest BCUT2D eigenvalue weighted by atomic mass is 32.2. The number of anilines is 2. The average molecular weight is 305 g/mol. The molecular weight excluding hydrogens is 290 g/mol. The van der Waals surface area contributed by atoms with E-state index < -0.39 is 10.1 Å². The highest BCUT2D eigenvalue weighted by Gasteiger charge is 2.28. The molecule has 0 saturated heterocycles. The summed E-state index contributed by atoms with van der Waals surface area (Å²) in [6.07, 6.45) is 0.496. The Labute approximate surface area is 123 Å². The molecule has 21 heavy (non-hydrogen) atoms. The zero-order valence-corrected chi connectivity index (χ0v) is 12.3. The predicted molar refractivity (Wildman–Crippen MR) is 80.3 cm³/mol. The second-order valence-corrected chi connectivity index (χ2v) is 6.34. The van der Waals surface area contributed by atoms with Gasteiger partial charge >= 0.3 is 0 Å². The van der Waals surface area contributed by atoms with Gasteiger partial charge in [0.2, 0.25) is 0 Å². The monoisotopic (exact) mass is 305 g/mol. The SMILES string of the molecule is CCCS(=O)(=O)ON1c2ccccc2Oc2ccccc21. The number of para-hydroxylation sites is 4. The van der Waals surface area contributed by atoms with E-state index in [-0.39, 0.29) is 5.75 Å². The fourth-order valence-corrected chi connectivity index (χ4v) is 3.11. The minimum Gasteiger partial charge on any atom is -0.453 e. The van der Waals surface area contributed by atoms with E-state index in [9.17, 15) is 8.42 Å². The first-order chi connectivity index (χ1) is 10.1. The molecule has 0 radical (unpaired) electrons. The smallest absolute Gasteiger partial charge is 0.288 e. The molecule has 5 nitrogen and oxygen atoms in total.